The van der Waals surface area contributed by atoms with E-state index >= 15 is 0 Å². The molecule has 2 aromatic rings. The van der Waals surface area contributed by atoms with Gasteiger partial charge in [0.15, 0.2) is 0 Å². The van der Waals surface area contributed by atoms with Crippen molar-refractivity contribution >= 4 is 67.6 Å². The van der Waals surface area contributed by atoms with E-state index in [-0.39, 0.29) is 22.2 Å². The van der Waals surface area contributed by atoms with Crippen molar-refractivity contribution in [1.82, 2.24) is 4.98 Å². The number of rotatable bonds is 2. The first-order chi connectivity index (χ1) is 8.97. The van der Waals surface area contributed by atoms with Gasteiger partial charge in [-0.05, 0) is 28.9 Å². The molecule has 0 aliphatic heterocycles. The molecule has 1 aromatic heterocycles. The van der Waals surface area contributed by atoms with Gasteiger partial charge in [0.05, 0.1) is 32.8 Å². The number of carbonyl (C=O) groups is 1. The Kier molecular flexibility index (Phi) is 4.56. The van der Waals surface area contributed by atoms with Crippen LogP contribution in [-0.4, -0.2) is 17.6 Å². The molecule has 0 amide bonds. The van der Waals surface area contributed by atoms with E-state index in [1.807, 2.05) is 0 Å². The van der Waals surface area contributed by atoms with E-state index in [2.05, 4.69) is 20.9 Å². The van der Waals surface area contributed by atoms with Gasteiger partial charge in [-0.2, -0.15) is 0 Å². The van der Waals surface area contributed by atoms with Crippen LogP contribution in [0.2, 0.25) is 15.1 Å². The Labute approximate surface area is 132 Å². The summed E-state index contributed by atoms with van der Waals surface area (Å²) >= 11 is 21.6. The summed E-state index contributed by atoms with van der Waals surface area (Å²) in [7, 11) is 0. The fourth-order valence-electron chi connectivity index (χ4n) is 1.56. The van der Waals surface area contributed by atoms with Crippen LogP contribution in [0.3, 0.4) is 0 Å². The number of nitrogens with zero attached hydrogens (tertiary/aromatic N) is 1. The van der Waals surface area contributed by atoms with Gasteiger partial charge in [0.25, 0.3) is 0 Å². The lowest BCUT2D eigenvalue weighted by atomic mass is 10.1. The molecule has 19 heavy (non-hydrogen) atoms. The maximum Gasteiger partial charge on any atom is 0.341 e. The number of carbonyl (C=O) groups excluding carboxylic acids is 1. The Morgan fingerprint density at radius 1 is 1.32 bits per heavy atom. The zero-order chi connectivity index (χ0) is 14.2. The van der Waals surface area contributed by atoms with Crippen molar-refractivity contribution in [3.63, 3.8) is 0 Å². The van der Waals surface area contributed by atoms with Crippen LogP contribution in [-0.2, 0) is 4.74 Å². The van der Waals surface area contributed by atoms with Crippen LogP contribution in [0.1, 0.15) is 17.3 Å². The third kappa shape index (κ3) is 2.68. The predicted octanol–water partition coefficient (Wildman–Crippen LogP) is 5.13. The molecule has 0 radical (unpaired) electrons. The van der Waals surface area contributed by atoms with E-state index in [9.17, 15) is 4.79 Å². The number of ether oxygens (including phenoxy) is 1. The molecule has 1 aromatic carbocycles. The molecule has 0 atom stereocenters. The van der Waals surface area contributed by atoms with E-state index in [4.69, 9.17) is 39.5 Å². The lowest BCUT2D eigenvalue weighted by Crippen LogP contribution is -2.06. The molecule has 2 rings (SSSR count). The molecule has 0 saturated heterocycles. The largest absolute Gasteiger partial charge is 0.462 e. The Morgan fingerprint density at radius 2 is 2.00 bits per heavy atom. The summed E-state index contributed by atoms with van der Waals surface area (Å²) in [6, 6.07) is 1.67. The number of esters is 1. The highest BCUT2D eigenvalue weighted by Gasteiger charge is 2.18. The third-order valence-electron chi connectivity index (χ3n) is 2.43. The standard InChI is InChI=1S/C12H7BrCl3NO2/c1-2-19-12(18)6-4-17-11-5(8(6)14)3-7(13)9(15)10(11)16/h3-4H,2H2,1H3. The average molecular weight is 383 g/mol. The Morgan fingerprint density at radius 3 is 2.63 bits per heavy atom. The normalized spacial score (nSPS) is 10.8. The third-order valence-corrected chi connectivity index (χ3v) is 4.55. The summed E-state index contributed by atoms with van der Waals surface area (Å²) in [5, 5.41) is 1.40. The van der Waals surface area contributed by atoms with E-state index in [0.29, 0.717) is 20.4 Å². The van der Waals surface area contributed by atoms with Crippen LogP contribution in [0.5, 0.6) is 0 Å². The second kappa shape index (κ2) is 5.83. The molecule has 0 N–H and O–H groups in total. The van der Waals surface area contributed by atoms with Crippen molar-refractivity contribution in [2.75, 3.05) is 6.61 Å². The van der Waals surface area contributed by atoms with Crippen LogP contribution in [0.25, 0.3) is 10.9 Å². The van der Waals surface area contributed by atoms with Gasteiger partial charge in [0.1, 0.15) is 0 Å². The summed E-state index contributed by atoms with van der Waals surface area (Å²) < 4.78 is 5.49. The average Bonchev–Trinajstić information content (AvgIpc) is 2.38. The van der Waals surface area contributed by atoms with Crippen LogP contribution in [0, 0.1) is 0 Å². The first-order valence-corrected chi connectivity index (χ1v) is 7.18. The van der Waals surface area contributed by atoms with Gasteiger partial charge in [-0.25, -0.2) is 4.79 Å². The van der Waals surface area contributed by atoms with Gasteiger partial charge in [-0.15, -0.1) is 0 Å². The van der Waals surface area contributed by atoms with Crippen molar-refractivity contribution in [2.24, 2.45) is 0 Å². The summed E-state index contributed by atoms with van der Waals surface area (Å²) in [4.78, 5) is 15.9. The fraction of sp³-hybridized carbons (Fsp3) is 0.167. The summed E-state index contributed by atoms with van der Waals surface area (Å²) in [5.41, 5.74) is 0.634. The Bertz CT molecular complexity index is 676. The van der Waals surface area contributed by atoms with Gasteiger partial charge in [0, 0.05) is 16.1 Å². The predicted molar refractivity (Wildman–Crippen MR) is 80.4 cm³/mol. The number of benzene rings is 1. The second-order valence-corrected chi connectivity index (χ2v) is 5.58. The second-order valence-electron chi connectivity index (χ2n) is 3.59. The number of aromatic nitrogens is 1. The highest BCUT2D eigenvalue weighted by molar-refractivity contribution is 9.10. The van der Waals surface area contributed by atoms with Crippen molar-refractivity contribution < 1.29 is 9.53 Å². The van der Waals surface area contributed by atoms with Crippen molar-refractivity contribution in [1.29, 1.82) is 0 Å². The van der Waals surface area contributed by atoms with Gasteiger partial charge < -0.3 is 4.74 Å². The van der Waals surface area contributed by atoms with Gasteiger partial charge in [0.2, 0.25) is 0 Å². The Balaban J connectivity index is 2.72. The van der Waals surface area contributed by atoms with E-state index < -0.39 is 5.97 Å². The van der Waals surface area contributed by atoms with Gasteiger partial charge in [-0.1, -0.05) is 34.8 Å². The van der Waals surface area contributed by atoms with Crippen LogP contribution in [0.4, 0.5) is 0 Å². The number of pyridine rings is 1. The maximum absolute atomic E-state index is 11.7. The van der Waals surface area contributed by atoms with Crippen molar-refractivity contribution in [3.8, 4) is 0 Å². The number of hydrogen-bond donors (Lipinski definition) is 0. The molecule has 1 heterocycles. The van der Waals surface area contributed by atoms with E-state index in [0.717, 1.165) is 0 Å². The SMILES string of the molecule is CCOC(=O)c1cnc2c(Cl)c(Cl)c(Br)cc2c1Cl. The van der Waals surface area contributed by atoms with Crippen LogP contribution >= 0.6 is 50.7 Å². The van der Waals surface area contributed by atoms with Gasteiger partial charge in [-0.3, -0.25) is 4.98 Å². The number of halogens is 4. The molecule has 100 valence electrons. The molecule has 0 aliphatic carbocycles. The van der Waals surface area contributed by atoms with Crippen molar-refractivity contribution in [2.45, 2.75) is 6.92 Å². The quantitative estimate of drug-likeness (QED) is 0.533. The molecular formula is C12H7BrCl3NO2. The maximum atomic E-state index is 11.7. The summed E-state index contributed by atoms with van der Waals surface area (Å²) in [5.74, 6) is -0.524. The first-order valence-electron chi connectivity index (χ1n) is 5.26. The molecule has 0 fully saturated rings. The molecule has 7 heteroatoms. The first kappa shape index (κ1) is 14.9. The van der Waals surface area contributed by atoms with E-state index in [1.165, 1.54) is 6.20 Å². The molecular weight excluding hydrogens is 376 g/mol. The van der Waals surface area contributed by atoms with Gasteiger partial charge >= 0.3 is 5.97 Å². The van der Waals surface area contributed by atoms with Crippen LogP contribution in [0.15, 0.2) is 16.7 Å². The topological polar surface area (TPSA) is 39.2 Å². The smallest absolute Gasteiger partial charge is 0.341 e. The highest BCUT2D eigenvalue weighted by atomic mass is 79.9. The molecule has 0 bridgehead atoms. The molecule has 0 saturated carbocycles. The lowest BCUT2D eigenvalue weighted by Gasteiger charge is -2.09. The molecule has 0 spiro atoms. The molecule has 0 aliphatic rings. The minimum atomic E-state index is -0.524. The molecule has 0 unspecified atom stereocenters. The van der Waals surface area contributed by atoms with Crippen LogP contribution < -0.4 is 0 Å². The molecule has 3 nitrogen and oxygen atoms in total. The number of fused-ring (bicyclic) bond motifs is 1. The highest BCUT2D eigenvalue weighted by Crippen LogP contribution is 2.39. The summed E-state index contributed by atoms with van der Waals surface area (Å²) in [6.45, 7) is 1.98. The zero-order valence-electron chi connectivity index (χ0n) is 9.64. The monoisotopic (exact) mass is 381 g/mol. The lowest BCUT2D eigenvalue weighted by molar-refractivity contribution is 0.0526. The minimum absolute atomic E-state index is 0.196. The minimum Gasteiger partial charge on any atom is -0.462 e. The Hall–Kier alpha value is -0.550. The fourth-order valence-corrected chi connectivity index (χ4v) is 2.77. The van der Waals surface area contributed by atoms with E-state index in [1.54, 1.807) is 13.0 Å². The zero-order valence-corrected chi connectivity index (χ0v) is 13.5. The number of hydrogen-bond acceptors (Lipinski definition) is 3. The van der Waals surface area contributed by atoms with Crippen molar-refractivity contribution in [3.05, 3.63) is 37.4 Å². The summed E-state index contributed by atoms with van der Waals surface area (Å²) in [6.07, 6.45) is 1.33.